The van der Waals surface area contributed by atoms with Crippen molar-refractivity contribution in [3.05, 3.63) is 28.2 Å². The van der Waals surface area contributed by atoms with Crippen molar-refractivity contribution in [1.82, 2.24) is 10.6 Å². The zero-order valence-electron chi connectivity index (χ0n) is 14.2. The van der Waals surface area contributed by atoms with Crippen LogP contribution < -0.4 is 15.4 Å². The molecule has 2 amide bonds. The van der Waals surface area contributed by atoms with Gasteiger partial charge in [0.1, 0.15) is 12.4 Å². The molecule has 1 saturated carbocycles. The molecule has 138 valence electrons. The third-order valence-corrected chi connectivity index (χ3v) is 5.70. The molecule has 1 aliphatic heterocycles. The number of amides is 2. The number of carbonyl (C=O) groups excluding carboxylic acids is 1. The van der Waals surface area contributed by atoms with Crippen LogP contribution in [-0.2, 0) is 4.74 Å². The maximum absolute atomic E-state index is 11.9. The lowest BCUT2D eigenvalue weighted by atomic mass is 9.72. The third-order valence-electron chi connectivity index (χ3n) is 4.96. The smallest absolute Gasteiger partial charge is 0.314 e. The quantitative estimate of drug-likeness (QED) is 0.725. The number of halogens is 2. The fourth-order valence-corrected chi connectivity index (χ4v) is 3.71. The third kappa shape index (κ3) is 5.16. The van der Waals surface area contributed by atoms with Crippen LogP contribution in [-0.4, -0.2) is 37.9 Å². The summed E-state index contributed by atoms with van der Waals surface area (Å²) in [5.74, 6) is 1.14. The molecule has 0 bridgehead atoms. The van der Waals surface area contributed by atoms with Crippen LogP contribution in [0.2, 0.25) is 10.0 Å². The van der Waals surface area contributed by atoms with Gasteiger partial charge in [0.2, 0.25) is 0 Å². The predicted molar refractivity (Wildman–Crippen MR) is 98.6 cm³/mol. The van der Waals surface area contributed by atoms with Gasteiger partial charge in [-0.15, -0.1) is 0 Å². The van der Waals surface area contributed by atoms with E-state index in [2.05, 4.69) is 10.6 Å². The molecule has 0 aromatic heterocycles. The minimum absolute atomic E-state index is 0.120. The van der Waals surface area contributed by atoms with Crippen LogP contribution >= 0.6 is 23.2 Å². The molecular formula is C18H24Cl2N2O3. The van der Waals surface area contributed by atoms with Gasteiger partial charge >= 0.3 is 6.03 Å². The second kappa shape index (κ2) is 8.47. The molecule has 2 fully saturated rings. The van der Waals surface area contributed by atoms with E-state index >= 15 is 0 Å². The Balaban J connectivity index is 1.29. The minimum atomic E-state index is -0.160. The van der Waals surface area contributed by atoms with Crippen molar-refractivity contribution in [2.45, 2.75) is 37.7 Å². The van der Waals surface area contributed by atoms with Gasteiger partial charge in [-0.3, -0.25) is 0 Å². The number of nitrogens with one attached hydrogen (secondary N) is 2. The number of rotatable bonds is 6. The van der Waals surface area contributed by atoms with Gasteiger partial charge in [-0.25, -0.2) is 4.79 Å². The molecule has 1 aromatic carbocycles. The number of hydrogen-bond donors (Lipinski definition) is 2. The predicted octanol–water partition coefficient (Wildman–Crippen LogP) is 4.02. The average molecular weight is 387 g/mol. The Labute approximate surface area is 158 Å². The van der Waals surface area contributed by atoms with Crippen molar-refractivity contribution >= 4 is 29.2 Å². The van der Waals surface area contributed by atoms with Crippen molar-refractivity contribution in [3.8, 4) is 5.75 Å². The average Bonchev–Trinajstić information content (AvgIpc) is 2.59. The molecule has 25 heavy (non-hydrogen) atoms. The summed E-state index contributed by atoms with van der Waals surface area (Å²) in [5, 5.41) is 6.69. The molecule has 1 spiro atoms. The van der Waals surface area contributed by atoms with Crippen LogP contribution in [0.1, 0.15) is 32.1 Å². The molecule has 2 N–H and O–H groups in total. The molecule has 1 aromatic rings. The van der Waals surface area contributed by atoms with E-state index in [9.17, 15) is 4.79 Å². The fourth-order valence-electron chi connectivity index (χ4n) is 3.42. The highest BCUT2D eigenvalue weighted by atomic mass is 35.5. The standard InChI is InChI=1S/C18H24Cl2N2O3/c19-15-3-2-14(10-16(15)20)24-9-7-21-17(23)22-12-13-4-8-25-18(11-13)5-1-6-18/h2-3,10,13H,1,4-9,11-12H2,(H2,21,22,23). The molecule has 3 rings (SSSR count). The first-order valence-electron chi connectivity index (χ1n) is 8.80. The zero-order valence-corrected chi connectivity index (χ0v) is 15.7. The van der Waals surface area contributed by atoms with Gasteiger partial charge in [-0.1, -0.05) is 23.2 Å². The summed E-state index contributed by atoms with van der Waals surface area (Å²) >= 11 is 11.8. The SMILES string of the molecule is O=C(NCCOc1ccc(Cl)c(Cl)c1)NCC1CCOC2(CCC2)C1. The first kappa shape index (κ1) is 18.6. The summed E-state index contributed by atoms with van der Waals surface area (Å²) in [6, 6.07) is 4.93. The normalized spacial score (nSPS) is 21.4. The molecule has 1 saturated heterocycles. The van der Waals surface area contributed by atoms with Crippen LogP contribution in [0.15, 0.2) is 18.2 Å². The van der Waals surface area contributed by atoms with E-state index in [4.69, 9.17) is 32.7 Å². The second-order valence-corrected chi connectivity index (χ2v) is 7.62. The lowest BCUT2D eigenvalue weighted by Crippen LogP contribution is -2.48. The number of ether oxygens (including phenoxy) is 2. The lowest BCUT2D eigenvalue weighted by Gasteiger charge is -2.47. The number of urea groups is 1. The van der Waals surface area contributed by atoms with Gasteiger partial charge in [-0.2, -0.15) is 0 Å². The van der Waals surface area contributed by atoms with Crippen LogP contribution in [0.3, 0.4) is 0 Å². The lowest BCUT2D eigenvalue weighted by molar-refractivity contribution is -0.142. The van der Waals surface area contributed by atoms with E-state index in [0.717, 1.165) is 19.4 Å². The first-order chi connectivity index (χ1) is 12.1. The zero-order chi connectivity index (χ0) is 17.7. The Morgan fingerprint density at radius 1 is 1.28 bits per heavy atom. The highest BCUT2D eigenvalue weighted by Gasteiger charge is 2.42. The number of benzene rings is 1. The Bertz CT molecular complexity index is 608. The van der Waals surface area contributed by atoms with Crippen molar-refractivity contribution in [3.63, 3.8) is 0 Å². The van der Waals surface area contributed by atoms with Crippen LogP contribution in [0.4, 0.5) is 4.79 Å². The Morgan fingerprint density at radius 2 is 2.12 bits per heavy atom. The van der Waals surface area contributed by atoms with E-state index in [1.54, 1.807) is 18.2 Å². The summed E-state index contributed by atoms with van der Waals surface area (Å²) in [6.07, 6.45) is 5.68. The molecule has 2 aliphatic rings. The maximum Gasteiger partial charge on any atom is 0.314 e. The van der Waals surface area contributed by atoms with Crippen molar-refractivity contribution in [2.24, 2.45) is 5.92 Å². The number of hydrogen-bond acceptors (Lipinski definition) is 3. The molecule has 5 nitrogen and oxygen atoms in total. The number of carbonyl (C=O) groups is 1. The van der Waals surface area contributed by atoms with Gasteiger partial charge < -0.3 is 20.1 Å². The topological polar surface area (TPSA) is 59.6 Å². The van der Waals surface area contributed by atoms with Gasteiger partial charge in [0.15, 0.2) is 0 Å². The van der Waals surface area contributed by atoms with Gasteiger partial charge in [0.05, 0.1) is 22.2 Å². The largest absolute Gasteiger partial charge is 0.492 e. The van der Waals surface area contributed by atoms with E-state index < -0.39 is 0 Å². The highest BCUT2D eigenvalue weighted by Crippen LogP contribution is 2.43. The van der Waals surface area contributed by atoms with Crippen LogP contribution in [0.5, 0.6) is 5.75 Å². The van der Waals surface area contributed by atoms with E-state index in [1.165, 1.54) is 19.3 Å². The Morgan fingerprint density at radius 3 is 2.84 bits per heavy atom. The minimum Gasteiger partial charge on any atom is -0.492 e. The molecule has 1 atom stereocenters. The van der Waals surface area contributed by atoms with Crippen molar-refractivity contribution in [2.75, 3.05) is 26.3 Å². The summed E-state index contributed by atoms with van der Waals surface area (Å²) in [5.41, 5.74) is 0.120. The Hall–Kier alpha value is -1.17. The Kier molecular flexibility index (Phi) is 6.31. The summed E-state index contributed by atoms with van der Waals surface area (Å²) in [7, 11) is 0. The van der Waals surface area contributed by atoms with Gasteiger partial charge in [0, 0.05) is 19.2 Å². The molecule has 1 heterocycles. The molecule has 1 unspecified atom stereocenters. The maximum atomic E-state index is 11.9. The van der Waals surface area contributed by atoms with E-state index in [0.29, 0.717) is 41.4 Å². The van der Waals surface area contributed by atoms with Crippen molar-refractivity contribution in [1.29, 1.82) is 0 Å². The molecular weight excluding hydrogens is 363 g/mol. The van der Waals surface area contributed by atoms with E-state index in [-0.39, 0.29) is 11.6 Å². The first-order valence-corrected chi connectivity index (χ1v) is 9.55. The highest BCUT2D eigenvalue weighted by molar-refractivity contribution is 6.42. The van der Waals surface area contributed by atoms with Crippen molar-refractivity contribution < 1.29 is 14.3 Å². The van der Waals surface area contributed by atoms with Gasteiger partial charge in [0.25, 0.3) is 0 Å². The van der Waals surface area contributed by atoms with Crippen LogP contribution in [0.25, 0.3) is 0 Å². The summed E-state index contributed by atoms with van der Waals surface area (Å²) in [6.45, 7) is 2.30. The monoisotopic (exact) mass is 386 g/mol. The second-order valence-electron chi connectivity index (χ2n) is 6.81. The molecule has 7 heteroatoms. The molecule has 1 aliphatic carbocycles. The summed E-state index contributed by atoms with van der Waals surface area (Å²) < 4.78 is 11.4. The summed E-state index contributed by atoms with van der Waals surface area (Å²) in [4.78, 5) is 11.9. The van der Waals surface area contributed by atoms with Crippen LogP contribution in [0, 0.1) is 5.92 Å². The van der Waals surface area contributed by atoms with E-state index in [1.807, 2.05) is 0 Å². The van der Waals surface area contributed by atoms with Gasteiger partial charge in [-0.05, 0) is 50.2 Å². The fraction of sp³-hybridized carbons (Fsp3) is 0.611. The molecule has 0 radical (unpaired) electrons.